The van der Waals surface area contributed by atoms with Crippen LogP contribution in [0.25, 0.3) is 0 Å². The third kappa shape index (κ3) is 2.49. The Morgan fingerprint density at radius 2 is 1.91 bits per heavy atom. The molecule has 11 heavy (non-hydrogen) atoms. The predicted molar refractivity (Wildman–Crippen MR) is 53.0 cm³/mol. The summed E-state index contributed by atoms with van der Waals surface area (Å²) in [6, 6.07) is 8.12. The van der Waals surface area contributed by atoms with Crippen LogP contribution in [-0.2, 0) is 0 Å². The minimum atomic E-state index is 0.156. The summed E-state index contributed by atoms with van der Waals surface area (Å²) in [6.07, 6.45) is 0.975. The van der Waals surface area contributed by atoms with Gasteiger partial charge in [-0.2, -0.15) is 0 Å². The maximum absolute atomic E-state index is 6.03. The average molecular weight is 234 g/mol. The molecule has 0 aliphatic carbocycles. The van der Waals surface area contributed by atoms with Crippen molar-refractivity contribution in [3.05, 3.63) is 34.3 Å². The number of hydrogen-bond acceptors (Lipinski definition) is 0. The van der Waals surface area contributed by atoms with Crippen LogP contribution >= 0.6 is 27.5 Å². The molecule has 1 aromatic carbocycles. The highest BCUT2D eigenvalue weighted by Crippen LogP contribution is 2.24. The molecule has 0 nitrogen and oxygen atoms in total. The Bertz CT molecular complexity index is 218. The third-order valence-corrected chi connectivity index (χ3v) is 2.68. The molecule has 1 atom stereocenters. The van der Waals surface area contributed by atoms with Crippen molar-refractivity contribution in [2.24, 2.45) is 0 Å². The Morgan fingerprint density at radius 3 is 2.36 bits per heavy atom. The van der Waals surface area contributed by atoms with E-state index >= 15 is 0 Å². The Hall–Kier alpha value is -0.0100. The van der Waals surface area contributed by atoms with Crippen molar-refractivity contribution < 1.29 is 0 Å². The highest BCUT2D eigenvalue weighted by Gasteiger charge is 2.02. The highest BCUT2D eigenvalue weighted by molar-refractivity contribution is 9.10. The number of rotatable bonds is 2. The van der Waals surface area contributed by atoms with Gasteiger partial charge < -0.3 is 0 Å². The van der Waals surface area contributed by atoms with Gasteiger partial charge in [0.15, 0.2) is 0 Å². The van der Waals surface area contributed by atoms with Crippen molar-refractivity contribution in [1.29, 1.82) is 0 Å². The molecule has 1 unspecified atom stereocenters. The van der Waals surface area contributed by atoms with Crippen LogP contribution in [0.2, 0.25) is 0 Å². The number of halogens is 2. The van der Waals surface area contributed by atoms with Crippen LogP contribution in [0, 0.1) is 0 Å². The van der Waals surface area contributed by atoms with Crippen LogP contribution in [0.5, 0.6) is 0 Å². The van der Waals surface area contributed by atoms with Gasteiger partial charge in [0.2, 0.25) is 0 Å². The SMILES string of the molecule is CCC(Cl)c1ccc(Br)cc1. The van der Waals surface area contributed by atoms with Gasteiger partial charge in [-0.1, -0.05) is 35.0 Å². The van der Waals surface area contributed by atoms with Crippen molar-refractivity contribution in [3.63, 3.8) is 0 Å². The van der Waals surface area contributed by atoms with Gasteiger partial charge in [-0.05, 0) is 24.1 Å². The molecule has 1 aromatic rings. The second kappa shape index (κ2) is 4.13. The van der Waals surface area contributed by atoms with E-state index < -0.39 is 0 Å². The fourth-order valence-electron chi connectivity index (χ4n) is 0.907. The molecule has 0 saturated heterocycles. The zero-order valence-electron chi connectivity index (χ0n) is 6.35. The summed E-state index contributed by atoms with van der Waals surface area (Å²) in [4.78, 5) is 0. The third-order valence-electron chi connectivity index (χ3n) is 1.59. The fraction of sp³-hybridized carbons (Fsp3) is 0.333. The molecule has 0 aromatic heterocycles. The van der Waals surface area contributed by atoms with Crippen molar-refractivity contribution in [3.8, 4) is 0 Å². The van der Waals surface area contributed by atoms with E-state index in [-0.39, 0.29) is 5.38 Å². The second-order valence-corrected chi connectivity index (χ2v) is 3.87. The Balaban J connectivity index is 2.81. The zero-order valence-corrected chi connectivity index (χ0v) is 8.69. The molecule has 0 aliphatic heterocycles. The summed E-state index contributed by atoms with van der Waals surface area (Å²) < 4.78 is 1.10. The topological polar surface area (TPSA) is 0 Å². The van der Waals surface area contributed by atoms with Gasteiger partial charge in [-0.25, -0.2) is 0 Å². The van der Waals surface area contributed by atoms with Gasteiger partial charge in [0.05, 0.1) is 5.38 Å². The van der Waals surface area contributed by atoms with E-state index in [1.165, 1.54) is 5.56 Å². The van der Waals surface area contributed by atoms with Crippen molar-refractivity contribution >= 4 is 27.5 Å². The summed E-state index contributed by atoms with van der Waals surface area (Å²) in [5.74, 6) is 0. The smallest absolute Gasteiger partial charge is 0.0582 e. The summed E-state index contributed by atoms with van der Waals surface area (Å²) in [5, 5.41) is 0.156. The monoisotopic (exact) mass is 232 g/mol. The minimum absolute atomic E-state index is 0.156. The first-order valence-corrected chi connectivity index (χ1v) is 4.86. The molecule has 0 amide bonds. The minimum Gasteiger partial charge on any atom is -0.118 e. The maximum atomic E-state index is 6.03. The summed E-state index contributed by atoms with van der Waals surface area (Å²) in [5.41, 5.74) is 1.19. The largest absolute Gasteiger partial charge is 0.118 e. The van der Waals surface area contributed by atoms with Crippen LogP contribution in [-0.4, -0.2) is 0 Å². The molecule has 0 saturated carbocycles. The van der Waals surface area contributed by atoms with Gasteiger partial charge in [0.25, 0.3) is 0 Å². The van der Waals surface area contributed by atoms with E-state index in [9.17, 15) is 0 Å². The lowest BCUT2D eigenvalue weighted by molar-refractivity contribution is 0.883. The Labute approximate surface area is 80.7 Å². The molecule has 0 heterocycles. The summed E-state index contributed by atoms with van der Waals surface area (Å²) in [7, 11) is 0. The molecule has 2 heteroatoms. The van der Waals surface area contributed by atoms with Crippen LogP contribution in [0.3, 0.4) is 0 Å². The fourth-order valence-corrected chi connectivity index (χ4v) is 1.32. The van der Waals surface area contributed by atoms with Crippen LogP contribution in [0.4, 0.5) is 0 Å². The molecule has 0 N–H and O–H groups in total. The average Bonchev–Trinajstić information content (AvgIpc) is 2.05. The van der Waals surface area contributed by atoms with Crippen molar-refractivity contribution in [1.82, 2.24) is 0 Å². The highest BCUT2D eigenvalue weighted by atomic mass is 79.9. The Kier molecular flexibility index (Phi) is 3.41. The lowest BCUT2D eigenvalue weighted by atomic mass is 10.1. The summed E-state index contributed by atoms with van der Waals surface area (Å²) >= 11 is 9.40. The maximum Gasteiger partial charge on any atom is 0.0582 e. The molecule has 0 aliphatic rings. The molecule has 0 spiro atoms. The van der Waals surface area contributed by atoms with Crippen LogP contribution in [0.1, 0.15) is 24.3 Å². The van der Waals surface area contributed by atoms with E-state index in [1.54, 1.807) is 0 Å². The first-order valence-electron chi connectivity index (χ1n) is 3.63. The summed E-state index contributed by atoms with van der Waals surface area (Å²) in [6.45, 7) is 2.08. The first-order chi connectivity index (χ1) is 5.24. The van der Waals surface area contributed by atoms with Crippen molar-refractivity contribution in [2.45, 2.75) is 18.7 Å². The molecule has 0 fully saturated rings. The van der Waals surface area contributed by atoms with Gasteiger partial charge in [0, 0.05) is 4.47 Å². The van der Waals surface area contributed by atoms with Crippen LogP contribution < -0.4 is 0 Å². The number of hydrogen-bond donors (Lipinski definition) is 0. The lowest BCUT2D eigenvalue weighted by Gasteiger charge is -2.05. The molecular weight excluding hydrogens is 223 g/mol. The normalized spacial score (nSPS) is 13.0. The van der Waals surface area contributed by atoms with E-state index in [2.05, 4.69) is 22.9 Å². The molecule has 60 valence electrons. The number of benzene rings is 1. The van der Waals surface area contributed by atoms with E-state index in [0.29, 0.717) is 0 Å². The van der Waals surface area contributed by atoms with Gasteiger partial charge in [-0.3, -0.25) is 0 Å². The quantitative estimate of drug-likeness (QED) is 0.674. The predicted octanol–water partition coefficient (Wildman–Crippen LogP) is 4.14. The van der Waals surface area contributed by atoms with Crippen molar-refractivity contribution in [2.75, 3.05) is 0 Å². The molecule has 1 rings (SSSR count). The van der Waals surface area contributed by atoms with Crippen LogP contribution in [0.15, 0.2) is 28.7 Å². The lowest BCUT2D eigenvalue weighted by Crippen LogP contribution is -1.86. The first kappa shape index (κ1) is 9.08. The molecular formula is C9H10BrCl. The van der Waals surface area contributed by atoms with E-state index in [4.69, 9.17) is 11.6 Å². The number of alkyl halides is 1. The standard InChI is InChI=1S/C9H10BrCl/c1-2-9(11)7-3-5-8(10)6-4-7/h3-6,9H,2H2,1H3. The molecule has 0 radical (unpaired) electrons. The van der Waals surface area contributed by atoms with E-state index in [1.807, 2.05) is 24.3 Å². The van der Waals surface area contributed by atoms with Gasteiger partial charge in [0.1, 0.15) is 0 Å². The second-order valence-electron chi connectivity index (χ2n) is 2.43. The zero-order chi connectivity index (χ0) is 8.27. The van der Waals surface area contributed by atoms with Gasteiger partial charge in [-0.15, -0.1) is 11.6 Å². The Morgan fingerprint density at radius 1 is 1.36 bits per heavy atom. The van der Waals surface area contributed by atoms with Gasteiger partial charge >= 0.3 is 0 Å². The van der Waals surface area contributed by atoms with E-state index in [0.717, 1.165) is 10.9 Å². The molecule has 0 bridgehead atoms.